The molecule has 3 nitrogen and oxygen atoms in total. The number of hydrogen-bond donors (Lipinski definition) is 1. The maximum Gasteiger partial charge on any atom is 0.280 e. The van der Waals surface area contributed by atoms with Crippen LogP contribution in [0.2, 0.25) is 0 Å². The molecule has 1 amide bonds. The second-order valence-corrected chi connectivity index (χ2v) is 5.87. The Hall–Kier alpha value is -1.47. The first kappa shape index (κ1) is 17.6. The highest BCUT2D eigenvalue weighted by Crippen LogP contribution is 2.47. The molecule has 1 rings (SSSR count). The van der Waals surface area contributed by atoms with E-state index in [-0.39, 0.29) is 20.0 Å². The number of nitrogens with two attached hydrogens (primary N) is 1. The van der Waals surface area contributed by atoms with Crippen LogP contribution >= 0.6 is 27.3 Å². The molecule has 0 unspecified atom stereocenters. The van der Waals surface area contributed by atoms with Crippen LogP contribution in [0.15, 0.2) is 41.1 Å². The third kappa shape index (κ3) is 4.25. The second kappa shape index (κ2) is 7.00. The number of carbonyl (C=O) groups is 1. The Kier molecular flexibility index (Phi) is 5.86. The van der Waals surface area contributed by atoms with Crippen LogP contribution in [0.25, 0.3) is 0 Å². The van der Waals surface area contributed by atoms with Crippen molar-refractivity contribution in [3.8, 4) is 5.75 Å². The number of allylic oxidation sites excluding steroid dienone is 4. The molecule has 2 N–H and O–H groups in total. The monoisotopic (exact) mass is 377 g/mol. The van der Waals surface area contributed by atoms with E-state index in [1.54, 1.807) is 18.2 Å². The number of carbonyl (C=O) groups excluding carboxylic acids is 1. The Morgan fingerprint density at radius 3 is 2.57 bits per heavy atom. The highest BCUT2D eigenvalue weighted by molar-refractivity contribution is 9.10. The van der Waals surface area contributed by atoms with E-state index in [9.17, 15) is 13.6 Å². The highest BCUT2D eigenvalue weighted by Gasteiger charge is 2.34. The van der Waals surface area contributed by atoms with Crippen molar-refractivity contribution >= 4 is 33.2 Å². The van der Waals surface area contributed by atoms with Gasteiger partial charge in [0.15, 0.2) is 5.75 Å². The number of thiophene rings is 1. The largest absolute Gasteiger partial charge is 0.454 e. The molecule has 7 heteroatoms. The molecule has 0 aliphatic carbocycles. The lowest BCUT2D eigenvalue weighted by Crippen LogP contribution is -2.10. The van der Waals surface area contributed by atoms with Gasteiger partial charge >= 0.3 is 0 Å². The van der Waals surface area contributed by atoms with Crippen molar-refractivity contribution in [2.24, 2.45) is 5.73 Å². The predicted octanol–water partition coefficient (Wildman–Crippen LogP) is 4.75. The number of rotatable bonds is 6. The molecule has 0 bridgehead atoms. The van der Waals surface area contributed by atoms with E-state index >= 15 is 0 Å². The van der Waals surface area contributed by atoms with Gasteiger partial charge in [-0.15, -0.1) is 11.3 Å². The molecule has 1 aromatic rings. The molecule has 0 aliphatic heterocycles. The molecule has 21 heavy (non-hydrogen) atoms. The second-order valence-electron chi connectivity index (χ2n) is 4.06. The Labute approximate surface area is 133 Å². The van der Waals surface area contributed by atoms with E-state index in [2.05, 4.69) is 22.5 Å². The molecule has 114 valence electrons. The summed E-state index contributed by atoms with van der Waals surface area (Å²) in [6, 6.07) is 0. The van der Waals surface area contributed by atoms with Gasteiger partial charge in [0.05, 0.1) is 9.35 Å². The summed E-state index contributed by atoms with van der Waals surface area (Å²) in [6.45, 7) is 6.11. The zero-order valence-electron chi connectivity index (χ0n) is 11.5. The van der Waals surface area contributed by atoms with Crippen molar-refractivity contribution in [1.82, 2.24) is 0 Å². The zero-order chi connectivity index (χ0) is 16.2. The minimum Gasteiger partial charge on any atom is -0.454 e. The van der Waals surface area contributed by atoms with Gasteiger partial charge in [-0.3, -0.25) is 4.79 Å². The summed E-state index contributed by atoms with van der Waals surface area (Å²) < 4.78 is 32.5. The molecule has 0 spiro atoms. The number of amides is 1. The lowest BCUT2D eigenvalue weighted by molar-refractivity contribution is 0.0206. The van der Waals surface area contributed by atoms with Gasteiger partial charge in [0, 0.05) is 6.92 Å². The van der Waals surface area contributed by atoms with Crippen LogP contribution in [-0.4, -0.2) is 5.91 Å². The summed E-state index contributed by atoms with van der Waals surface area (Å²) in [5.74, 6) is -3.67. The maximum absolute atomic E-state index is 13.5. The smallest absolute Gasteiger partial charge is 0.280 e. The van der Waals surface area contributed by atoms with Crippen molar-refractivity contribution in [2.75, 3.05) is 0 Å². The van der Waals surface area contributed by atoms with E-state index in [1.165, 1.54) is 6.08 Å². The van der Waals surface area contributed by atoms with Crippen LogP contribution in [0.1, 0.15) is 28.4 Å². The number of hydrogen-bond acceptors (Lipinski definition) is 3. The quantitative estimate of drug-likeness (QED) is 0.574. The van der Waals surface area contributed by atoms with Crippen molar-refractivity contribution in [1.29, 1.82) is 0 Å². The Morgan fingerprint density at radius 2 is 2.14 bits per heavy atom. The minimum atomic E-state index is -3.11. The standard InChI is InChI=1S/C14H14BrF2NO2S/c1-4-6-7-8(5-2)20-10-9(15)12(14(3,16)17)21-11(10)13(18)19/h4-7H,2H2,1,3H3,(H2,18,19)/b6-4-,8-7+. The molecule has 0 aromatic carbocycles. The molecule has 0 radical (unpaired) electrons. The Balaban J connectivity index is 3.37. The number of halogens is 3. The van der Waals surface area contributed by atoms with Crippen LogP contribution < -0.4 is 10.5 Å². The van der Waals surface area contributed by atoms with Gasteiger partial charge in [-0.1, -0.05) is 18.7 Å². The van der Waals surface area contributed by atoms with E-state index in [4.69, 9.17) is 10.5 Å². The fraction of sp³-hybridized carbons (Fsp3) is 0.214. The summed E-state index contributed by atoms with van der Waals surface area (Å²) in [5.41, 5.74) is 5.22. The summed E-state index contributed by atoms with van der Waals surface area (Å²) in [5, 5.41) is 0. The molecule has 0 saturated heterocycles. The first-order chi connectivity index (χ1) is 9.72. The van der Waals surface area contributed by atoms with Crippen LogP contribution in [0.3, 0.4) is 0 Å². The lowest BCUT2D eigenvalue weighted by atomic mass is 10.3. The summed E-state index contributed by atoms with van der Waals surface area (Å²) in [4.78, 5) is 11.0. The van der Waals surface area contributed by atoms with Crippen molar-refractivity contribution in [3.63, 3.8) is 0 Å². The normalized spacial score (nSPS) is 12.7. The highest BCUT2D eigenvalue weighted by atomic mass is 79.9. The third-order valence-electron chi connectivity index (χ3n) is 2.31. The molecular formula is C14H14BrF2NO2S. The van der Waals surface area contributed by atoms with Crippen LogP contribution in [0, 0.1) is 0 Å². The first-order valence-electron chi connectivity index (χ1n) is 5.86. The van der Waals surface area contributed by atoms with Gasteiger partial charge in [-0.2, -0.15) is 0 Å². The molecule has 1 aromatic heterocycles. The lowest BCUT2D eigenvalue weighted by Gasteiger charge is -2.09. The number of primary amides is 1. The summed E-state index contributed by atoms with van der Waals surface area (Å²) in [7, 11) is 0. The predicted molar refractivity (Wildman–Crippen MR) is 83.8 cm³/mol. The van der Waals surface area contributed by atoms with Gasteiger partial charge in [0.25, 0.3) is 11.8 Å². The Morgan fingerprint density at radius 1 is 1.52 bits per heavy atom. The van der Waals surface area contributed by atoms with E-state index in [1.807, 2.05) is 6.92 Å². The minimum absolute atomic E-state index is 0.0158. The van der Waals surface area contributed by atoms with Gasteiger partial charge in [-0.05, 0) is 35.0 Å². The van der Waals surface area contributed by atoms with Crippen molar-refractivity contribution < 1.29 is 18.3 Å². The fourth-order valence-corrected chi connectivity index (χ4v) is 3.29. The van der Waals surface area contributed by atoms with Gasteiger partial charge < -0.3 is 10.5 Å². The number of ether oxygens (including phenoxy) is 1. The van der Waals surface area contributed by atoms with E-state index in [0.29, 0.717) is 17.1 Å². The zero-order valence-corrected chi connectivity index (χ0v) is 13.9. The van der Waals surface area contributed by atoms with E-state index < -0.39 is 11.8 Å². The van der Waals surface area contributed by atoms with Gasteiger partial charge in [0.1, 0.15) is 10.6 Å². The topological polar surface area (TPSA) is 52.3 Å². The summed E-state index contributed by atoms with van der Waals surface area (Å²) >= 11 is 3.65. The fourth-order valence-electron chi connectivity index (χ4n) is 1.38. The van der Waals surface area contributed by atoms with Crippen LogP contribution in [0.5, 0.6) is 5.75 Å². The van der Waals surface area contributed by atoms with Crippen molar-refractivity contribution in [3.05, 3.63) is 50.9 Å². The molecule has 0 fully saturated rings. The van der Waals surface area contributed by atoms with Crippen molar-refractivity contribution in [2.45, 2.75) is 19.8 Å². The van der Waals surface area contributed by atoms with Crippen LogP contribution in [-0.2, 0) is 5.92 Å². The average Bonchev–Trinajstić information content (AvgIpc) is 2.71. The van der Waals surface area contributed by atoms with Crippen LogP contribution in [0.4, 0.5) is 8.78 Å². The van der Waals surface area contributed by atoms with E-state index in [0.717, 1.165) is 6.92 Å². The molecule has 1 heterocycles. The van der Waals surface area contributed by atoms with Gasteiger partial charge in [0.2, 0.25) is 0 Å². The Bertz CT molecular complexity index is 615. The summed E-state index contributed by atoms with van der Waals surface area (Å²) in [6.07, 6.45) is 6.44. The molecule has 0 atom stereocenters. The SMILES string of the molecule is C=C/C(=C\C=C/C)Oc1c(C(N)=O)sc(C(C)(F)F)c1Br. The molecular weight excluding hydrogens is 364 g/mol. The average molecular weight is 378 g/mol. The molecule has 0 aliphatic rings. The molecule has 0 saturated carbocycles. The first-order valence-corrected chi connectivity index (χ1v) is 7.47. The maximum atomic E-state index is 13.5. The number of alkyl halides is 2. The third-order valence-corrected chi connectivity index (χ3v) is 4.68. The van der Waals surface area contributed by atoms with Gasteiger partial charge in [-0.25, -0.2) is 8.78 Å².